The number of imidazole rings is 1. The van der Waals surface area contributed by atoms with Gasteiger partial charge in [0.2, 0.25) is 0 Å². The highest BCUT2D eigenvalue weighted by molar-refractivity contribution is 9.10. The van der Waals surface area contributed by atoms with Crippen molar-refractivity contribution >= 4 is 44.5 Å². The predicted octanol–water partition coefficient (Wildman–Crippen LogP) is 2.67. The Hall–Kier alpha value is -1.93. The van der Waals surface area contributed by atoms with Gasteiger partial charge in [-0.05, 0) is 35.0 Å². The molecular weight excluding hydrogens is 372 g/mol. The van der Waals surface area contributed by atoms with E-state index >= 15 is 0 Å². The molecule has 114 valence electrons. The molecule has 2 N–H and O–H groups in total. The molecule has 0 fully saturated rings. The van der Waals surface area contributed by atoms with Crippen molar-refractivity contribution in [1.29, 1.82) is 0 Å². The number of nitrogen functional groups attached to an aromatic ring is 1. The molecule has 9 heteroatoms. The molecular formula is C13H12BrClN6O. The molecule has 0 aliphatic heterocycles. The number of halogens is 2. The molecule has 0 aliphatic rings. The summed E-state index contributed by atoms with van der Waals surface area (Å²) >= 11 is 9.33. The zero-order valence-corrected chi connectivity index (χ0v) is 14.0. The fourth-order valence-electron chi connectivity index (χ4n) is 2.01. The predicted molar refractivity (Wildman–Crippen MR) is 87.0 cm³/mol. The average molecular weight is 384 g/mol. The van der Waals surface area contributed by atoms with Crippen molar-refractivity contribution < 1.29 is 4.74 Å². The summed E-state index contributed by atoms with van der Waals surface area (Å²) in [6, 6.07) is 5.66. The van der Waals surface area contributed by atoms with E-state index in [-0.39, 0.29) is 11.8 Å². The van der Waals surface area contributed by atoms with Crippen LogP contribution in [0.1, 0.15) is 12.6 Å². The van der Waals surface area contributed by atoms with Crippen LogP contribution in [0.25, 0.3) is 11.2 Å². The number of nitrogens with two attached hydrogens (primary N) is 1. The van der Waals surface area contributed by atoms with Gasteiger partial charge < -0.3 is 10.5 Å². The van der Waals surface area contributed by atoms with Crippen molar-refractivity contribution in [2.24, 2.45) is 0 Å². The van der Waals surface area contributed by atoms with Gasteiger partial charge in [0.05, 0.1) is 18.8 Å². The minimum atomic E-state index is 0.222. The van der Waals surface area contributed by atoms with Gasteiger partial charge in [0.25, 0.3) is 0 Å². The molecule has 0 radical (unpaired) electrons. The van der Waals surface area contributed by atoms with E-state index in [1.165, 1.54) is 0 Å². The Morgan fingerprint density at radius 3 is 2.82 bits per heavy atom. The maximum atomic E-state index is 5.92. The lowest BCUT2D eigenvalue weighted by atomic mass is 10.3. The number of aromatic nitrogens is 5. The number of hydrogen-bond acceptors (Lipinski definition) is 6. The second-order valence-electron chi connectivity index (χ2n) is 4.42. The van der Waals surface area contributed by atoms with Crippen molar-refractivity contribution in [3.8, 4) is 6.01 Å². The topological polar surface area (TPSA) is 91.7 Å². The molecule has 0 bridgehead atoms. The van der Waals surface area contributed by atoms with Gasteiger partial charge in [-0.15, -0.1) is 0 Å². The summed E-state index contributed by atoms with van der Waals surface area (Å²) in [7, 11) is 0. The lowest BCUT2D eigenvalue weighted by Crippen LogP contribution is -2.06. The molecule has 3 aromatic rings. The summed E-state index contributed by atoms with van der Waals surface area (Å²) in [5.74, 6) is 0.270. The summed E-state index contributed by atoms with van der Waals surface area (Å²) in [5.41, 5.74) is 7.79. The third kappa shape index (κ3) is 2.84. The van der Waals surface area contributed by atoms with Crippen molar-refractivity contribution in [3.05, 3.63) is 33.8 Å². The van der Waals surface area contributed by atoms with Crippen molar-refractivity contribution in [2.45, 2.75) is 13.5 Å². The molecule has 3 rings (SSSR count). The van der Waals surface area contributed by atoms with Crippen LogP contribution in [0.2, 0.25) is 5.15 Å². The lowest BCUT2D eigenvalue weighted by molar-refractivity contribution is 0.314. The Bertz CT molecular complexity index is 837. The van der Waals surface area contributed by atoms with Crippen LogP contribution < -0.4 is 10.5 Å². The Labute approximate surface area is 139 Å². The molecule has 0 aromatic carbocycles. The summed E-state index contributed by atoms with van der Waals surface area (Å²) in [6.45, 7) is 2.75. The van der Waals surface area contributed by atoms with Gasteiger partial charge in [-0.3, -0.25) is 4.57 Å². The Balaban J connectivity index is 2.10. The molecule has 0 unspecified atom stereocenters. The van der Waals surface area contributed by atoms with E-state index in [1.807, 2.05) is 23.6 Å². The normalized spacial score (nSPS) is 11.0. The van der Waals surface area contributed by atoms with Crippen LogP contribution >= 0.6 is 27.5 Å². The van der Waals surface area contributed by atoms with Gasteiger partial charge >= 0.3 is 6.01 Å². The quantitative estimate of drug-likeness (QED) is 0.550. The Morgan fingerprint density at radius 2 is 2.09 bits per heavy atom. The first-order chi connectivity index (χ1) is 10.6. The van der Waals surface area contributed by atoms with E-state index in [0.29, 0.717) is 34.2 Å². The van der Waals surface area contributed by atoms with Gasteiger partial charge in [0.15, 0.2) is 21.7 Å². The number of ether oxygens (including phenoxy) is 1. The lowest BCUT2D eigenvalue weighted by Gasteiger charge is -2.07. The molecule has 0 spiro atoms. The van der Waals surface area contributed by atoms with E-state index in [0.717, 1.165) is 5.69 Å². The molecule has 0 saturated carbocycles. The largest absolute Gasteiger partial charge is 0.464 e. The molecule has 7 nitrogen and oxygen atoms in total. The number of hydrogen-bond donors (Lipinski definition) is 1. The smallest absolute Gasteiger partial charge is 0.320 e. The van der Waals surface area contributed by atoms with E-state index in [9.17, 15) is 0 Å². The molecule has 0 atom stereocenters. The third-order valence-electron chi connectivity index (χ3n) is 2.92. The second kappa shape index (κ2) is 6.05. The van der Waals surface area contributed by atoms with Crippen LogP contribution in [-0.2, 0) is 6.54 Å². The van der Waals surface area contributed by atoms with Gasteiger partial charge in [0, 0.05) is 0 Å². The van der Waals surface area contributed by atoms with Gasteiger partial charge in [-0.25, -0.2) is 9.97 Å². The first-order valence-electron chi connectivity index (χ1n) is 6.52. The highest BCUT2D eigenvalue weighted by atomic mass is 79.9. The molecule has 0 amide bonds. The van der Waals surface area contributed by atoms with Crippen LogP contribution in [0.15, 0.2) is 22.9 Å². The van der Waals surface area contributed by atoms with Crippen LogP contribution in [0.4, 0.5) is 5.82 Å². The Kier molecular flexibility index (Phi) is 4.12. The van der Waals surface area contributed by atoms with Crippen LogP contribution in [0, 0.1) is 0 Å². The zero-order valence-electron chi connectivity index (χ0n) is 11.6. The first-order valence-corrected chi connectivity index (χ1v) is 7.69. The number of anilines is 1. The SMILES string of the molecule is CCOc1nc(N)c2nc(Br)n(Cc3cccc(Cl)n3)c2n1. The monoisotopic (exact) mass is 382 g/mol. The first kappa shape index (κ1) is 15.0. The summed E-state index contributed by atoms with van der Waals surface area (Å²) in [5, 5.41) is 0.433. The van der Waals surface area contributed by atoms with Crippen molar-refractivity contribution in [1.82, 2.24) is 24.5 Å². The minimum absolute atomic E-state index is 0.222. The van der Waals surface area contributed by atoms with Gasteiger partial charge in [-0.1, -0.05) is 17.7 Å². The number of rotatable bonds is 4. The van der Waals surface area contributed by atoms with E-state index in [2.05, 4.69) is 35.9 Å². The summed E-state index contributed by atoms with van der Waals surface area (Å²) < 4.78 is 7.74. The van der Waals surface area contributed by atoms with Crippen molar-refractivity contribution in [2.75, 3.05) is 12.3 Å². The maximum Gasteiger partial charge on any atom is 0.320 e. The fraction of sp³-hybridized carbons (Fsp3) is 0.231. The highest BCUT2D eigenvalue weighted by Crippen LogP contribution is 2.25. The van der Waals surface area contributed by atoms with E-state index in [1.54, 1.807) is 6.07 Å². The van der Waals surface area contributed by atoms with E-state index < -0.39 is 0 Å². The van der Waals surface area contributed by atoms with E-state index in [4.69, 9.17) is 22.1 Å². The average Bonchev–Trinajstić information content (AvgIpc) is 2.77. The van der Waals surface area contributed by atoms with Crippen LogP contribution in [0.3, 0.4) is 0 Å². The summed E-state index contributed by atoms with van der Waals surface area (Å²) in [4.78, 5) is 17.1. The third-order valence-corrected chi connectivity index (χ3v) is 3.74. The molecule has 3 heterocycles. The molecule has 0 aliphatic carbocycles. The Morgan fingerprint density at radius 1 is 1.27 bits per heavy atom. The molecule has 0 saturated heterocycles. The minimum Gasteiger partial charge on any atom is -0.464 e. The summed E-state index contributed by atoms with van der Waals surface area (Å²) in [6.07, 6.45) is 0. The van der Waals surface area contributed by atoms with Crippen LogP contribution in [-0.4, -0.2) is 31.1 Å². The standard InChI is InChI=1S/C13H12BrClN6O/c1-2-22-13-19-10(16)9-11(20-13)21(12(14)18-9)6-7-4-3-5-8(15)17-7/h3-5H,2,6H2,1H3,(H2,16,19,20). The number of nitrogens with zero attached hydrogens (tertiary/aromatic N) is 5. The number of pyridine rings is 1. The molecule has 22 heavy (non-hydrogen) atoms. The maximum absolute atomic E-state index is 5.92. The van der Waals surface area contributed by atoms with Crippen LogP contribution in [0.5, 0.6) is 6.01 Å². The van der Waals surface area contributed by atoms with Gasteiger partial charge in [-0.2, -0.15) is 9.97 Å². The van der Waals surface area contributed by atoms with Crippen molar-refractivity contribution in [3.63, 3.8) is 0 Å². The number of fused-ring (bicyclic) bond motifs is 1. The van der Waals surface area contributed by atoms with Gasteiger partial charge in [0.1, 0.15) is 5.15 Å². The highest BCUT2D eigenvalue weighted by Gasteiger charge is 2.16. The fourth-order valence-corrected chi connectivity index (χ4v) is 2.66. The second-order valence-corrected chi connectivity index (χ2v) is 5.51. The zero-order chi connectivity index (χ0) is 15.7. The molecule has 3 aromatic heterocycles.